The molecule has 0 aliphatic rings. The molecule has 0 aliphatic carbocycles. The first-order valence-corrected chi connectivity index (χ1v) is 8.15. The highest BCUT2D eigenvalue weighted by molar-refractivity contribution is 7.92. The summed E-state index contributed by atoms with van der Waals surface area (Å²) in [5, 5.41) is 0. The molecule has 21 heavy (non-hydrogen) atoms. The highest BCUT2D eigenvalue weighted by Gasteiger charge is 2.17. The van der Waals surface area contributed by atoms with E-state index in [9.17, 15) is 8.42 Å². The van der Waals surface area contributed by atoms with Gasteiger partial charge in [0.15, 0.2) is 0 Å². The molecule has 0 aliphatic heterocycles. The summed E-state index contributed by atoms with van der Waals surface area (Å²) in [6, 6.07) is 12.7. The summed E-state index contributed by atoms with van der Waals surface area (Å²) in [6.45, 7) is 3.67. The molecule has 2 rings (SSSR count). The Labute approximate surface area is 126 Å². The monoisotopic (exact) mass is 304 g/mol. The zero-order valence-corrected chi connectivity index (χ0v) is 13.5. The molecule has 2 aromatic rings. The van der Waals surface area contributed by atoms with Gasteiger partial charge in [-0.05, 0) is 55.3 Å². The second kappa shape index (κ2) is 5.77. The lowest BCUT2D eigenvalue weighted by Gasteiger charge is -2.14. The predicted octanol–water partition coefficient (Wildman–Crippen LogP) is 3.17. The van der Waals surface area contributed by atoms with Crippen molar-refractivity contribution in [1.29, 1.82) is 0 Å². The second-order valence-electron chi connectivity index (χ2n) is 5.32. The second-order valence-corrected chi connectivity index (χ2v) is 6.97. The Morgan fingerprint density at radius 3 is 2.14 bits per heavy atom. The number of nitrogens with zero attached hydrogens (tertiary/aromatic N) is 1. The third-order valence-corrected chi connectivity index (χ3v) is 4.79. The first-order valence-electron chi connectivity index (χ1n) is 6.67. The van der Waals surface area contributed by atoms with Crippen LogP contribution in [0.4, 0.5) is 11.4 Å². The van der Waals surface area contributed by atoms with Crippen molar-refractivity contribution < 1.29 is 8.42 Å². The van der Waals surface area contributed by atoms with Crippen molar-refractivity contribution in [2.24, 2.45) is 0 Å². The van der Waals surface area contributed by atoms with Crippen LogP contribution in [-0.4, -0.2) is 22.5 Å². The minimum Gasteiger partial charge on any atom is -0.378 e. The first kappa shape index (κ1) is 15.4. The van der Waals surface area contributed by atoms with Crippen molar-refractivity contribution in [3.05, 3.63) is 53.6 Å². The Bertz CT molecular complexity index is 735. The molecule has 0 heterocycles. The molecule has 0 aromatic heterocycles. The van der Waals surface area contributed by atoms with E-state index in [1.165, 1.54) is 0 Å². The van der Waals surface area contributed by atoms with Gasteiger partial charge in [0.25, 0.3) is 10.0 Å². The summed E-state index contributed by atoms with van der Waals surface area (Å²) in [4.78, 5) is 2.28. The normalized spacial score (nSPS) is 11.2. The maximum atomic E-state index is 12.5. The minimum atomic E-state index is -3.56. The average molecular weight is 304 g/mol. The fourth-order valence-electron chi connectivity index (χ4n) is 2.03. The van der Waals surface area contributed by atoms with Gasteiger partial charge in [0.1, 0.15) is 0 Å². The summed E-state index contributed by atoms with van der Waals surface area (Å²) >= 11 is 0. The largest absolute Gasteiger partial charge is 0.378 e. The van der Waals surface area contributed by atoms with Crippen molar-refractivity contribution >= 4 is 21.4 Å². The van der Waals surface area contributed by atoms with Gasteiger partial charge in [-0.3, -0.25) is 4.72 Å². The van der Waals surface area contributed by atoms with E-state index >= 15 is 0 Å². The number of hydrogen-bond acceptors (Lipinski definition) is 3. The minimum absolute atomic E-state index is 0.319. The van der Waals surface area contributed by atoms with Crippen LogP contribution in [0, 0.1) is 13.8 Å². The van der Waals surface area contributed by atoms with Gasteiger partial charge in [-0.2, -0.15) is 0 Å². The lowest BCUT2D eigenvalue weighted by atomic mass is 10.2. The summed E-state index contributed by atoms with van der Waals surface area (Å²) in [6.07, 6.45) is 0. The Morgan fingerprint density at radius 2 is 1.57 bits per heavy atom. The Hall–Kier alpha value is -2.01. The summed E-state index contributed by atoms with van der Waals surface area (Å²) in [5.41, 5.74) is 3.23. The Morgan fingerprint density at radius 1 is 0.952 bits per heavy atom. The van der Waals surface area contributed by atoms with Gasteiger partial charge in [-0.15, -0.1) is 0 Å². The number of aryl methyl sites for hydroxylation is 2. The number of hydrogen-bond donors (Lipinski definition) is 1. The van der Waals surface area contributed by atoms with Crippen molar-refractivity contribution in [1.82, 2.24) is 0 Å². The molecule has 5 heteroatoms. The lowest BCUT2D eigenvalue weighted by Crippen LogP contribution is -2.15. The van der Waals surface area contributed by atoms with Crippen LogP contribution >= 0.6 is 0 Å². The van der Waals surface area contributed by atoms with Gasteiger partial charge in [-0.1, -0.05) is 12.1 Å². The van der Waals surface area contributed by atoms with Crippen LogP contribution < -0.4 is 9.62 Å². The molecule has 0 spiro atoms. The van der Waals surface area contributed by atoms with E-state index in [0.717, 1.165) is 16.8 Å². The van der Waals surface area contributed by atoms with Crippen molar-refractivity contribution in [2.75, 3.05) is 23.7 Å². The highest BCUT2D eigenvalue weighted by atomic mass is 32.2. The van der Waals surface area contributed by atoms with E-state index in [0.29, 0.717) is 10.6 Å². The molecular formula is C16H20N2O2S. The lowest BCUT2D eigenvalue weighted by molar-refractivity contribution is 0.600. The third-order valence-electron chi connectivity index (χ3n) is 3.27. The van der Waals surface area contributed by atoms with Crippen LogP contribution in [0.3, 0.4) is 0 Å². The van der Waals surface area contributed by atoms with E-state index in [2.05, 4.69) is 4.72 Å². The van der Waals surface area contributed by atoms with E-state index in [-0.39, 0.29) is 0 Å². The van der Waals surface area contributed by atoms with Crippen LogP contribution in [-0.2, 0) is 10.0 Å². The third kappa shape index (κ3) is 3.55. The SMILES string of the molecule is Cc1ccc(C)c(S(=O)(=O)Nc2ccc(N(C)C)cc2)c1. The Kier molecular flexibility index (Phi) is 4.23. The van der Waals surface area contributed by atoms with E-state index < -0.39 is 10.0 Å². The topological polar surface area (TPSA) is 49.4 Å². The molecule has 0 radical (unpaired) electrons. The molecule has 112 valence electrons. The summed E-state index contributed by atoms with van der Waals surface area (Å²) in [5.74, 6) is 0. The standard InChI is InChI=1S/C16H20N2O2S/c1-12-5-6-13(2)16(11-12)21(19,20)17-14-7-9-15(10-8-14)18(3)4/h5-11,17H,1-4H3. The average Bonchev–Trinajstić information content (AvgIpc) is 2.41. The highest BCUT2D eigenvalue weighted by Crippen LogP contribution is 2.22. The zero-order chi connectivity index (χ0) is 15.6. The number of benzene rings is 2. The van der Waals surface area contributed by atoms with Crippen LogP contribution in [0.1, 0.15) is 11.1 Å². The first-order chi connectivity index (χ1) is 9.79. The van der Waals surface area contributed by atoms with Crippen molar-refractivity contribution in [3.8, 4) is 0 Å². The van der Waals surface area contributed by atoms with Crippen LogP contribution in [0.15, 0.2) is 47.4 Å². The Balaban J connectivity index is 2.31. The van der Waals surface area contributed by atoms with Crippen molar-refractivity contribution in [2.45, 2.75) is 18.7 Å². The molecule has 0 atom stereocenters. The quantitative estimate of drug-likeness (QED) is 0.944. The summed E-state index contributed by atoms with van der Waals surface area (Å²) < 4.78 is 27.6. The van der Waals surface area contributed by atoms with Gasteiger partial charge in [0.2, 0.25) is 0 Å². The molecule has 1 N–H and O–H groups in total. The van der Waals surface area contributed by atoms with Crippen LogP contribution in [0.2, 0.25) is 0 Å². The molecule has 0 amide bonds. The molecule has 0 saturated carbocycles. The molecule has 0 unspecified atom stereocenters. The zero-order valence-electron chi connectivity index (χ0n) is 12.7. The van der Waals surface area contributed by atoms with Gasteiger partial charge in [0.05, 0.1) is 4.90 Å². The van der Waals surface area contributed by atoms with E-state index in [1.807, 2.05) is 50.2 Å². The molecule has 0 saturated heterocycles. The fraction of sp³-hybridized carbons (Fsp3) is 0.250. The molecule has 0 bridgehead atoms. The number of anilines is 2. The predicted molar refractivity (Wildman–Crippen MR) is 87.5 cm³/mol. The van der Waals surface area contributed by atoms with Crippen LogP contribution in [0.25, 0.3) is 0 Å². The van der Waals surface area contributed by atoms with Gasteiger partial charge < -0.3 is 4.90 Å². The smallest absolute Gasteiger partial charge is 0.262 e. The van der Waals surface area contributed by atoms with Gasteiger partial charge in [0, 0.05) is 25.5 Å². The molecule has 4 nitrogen and oxygen atoms in total. The molecular weight excluding hydrogens is 284 g/mol. The molecule has 0 fully saturated rings. The molecule has 2 aromatic carbocycles. The van der Waals surface area contributed by atoms with Crippen LogP contribution in [0.5, 0.6) is 0 Å². The van der Waals surface area contributed by atoms with Gasteiger partial charge in [-0.25, -0.2) is 8.42 Å². The number of sulfonamides is 1. The fourth-order valence-corrected chi connectivity index (χ4v) is 3.42. The number of rotatable bonds is 4. The maximum Gasteiger partial charge on any atom is 0.262 e. The van der Waals surface area contributed by atoms with Gasteiger partial charge >= 0.3 is 0 Å². The summed E-state index contributed by atoms with van der Waals surface area (Å²) in [7, 11) is 0.316. The maximum absolute atomic E-state index is 12.5. The van der Waals surface area contributed by atoms with E-state index in [4.69, 9.17) is 0 Å². The van der Waals surface area contributed by atoms with Crippen molar-refractivity contribution in [3.63, 3.8) is 0 Å². The number of nitrogens with one attached hydrogen (secondary N) is 1. The van der Waals surface area contributed by atoms with E-state index in [1.54, 1.807) is 25.1 Å².